The molecule has 0 unspecified atom stereocenters. The van der Waals surface area contributed by atoms with Crippen molar-refractivity contribution in [2.24, 2.45) is 0 Å². The van der Waals surface area contributed by atoms with Crippen LogP contribution in [0.4, 0.5) is 17.6 Å². The zero-order valence-electron chi connectivity index (χ0n) is 17.3. The number of benzene rings is 1. The molecule has 1 saturated carbocycles. The highest BCUT2D eigenvalue weighted by atomic mass is 35.5. The van der Waals surface area contributed by atoms with Gasteiger partial charge < -0.3 is 14.5 Å². The summed E-state index contributed by atoms with van der Waals surface area (Å²) in [5.74, 6) is -0.113. The number of halogens is 5. The van der Waals surface area contributed by atoms with Gasteiger partial charge in [0.1, 0.15) is 23.9 Å². The van der Waals surface area contributed by atoms with Crippen LogP contribution in [0.1, 0.15) is 52.9 Å². The van der Waals surface area contributed by atoms with Gasteiger partial charge in [-0.15, -0.1) is 0 Å². The van der Waals surface area contributed by atoms with Crippen LogP contribution in [0.25, 0.3) is 0 Å². The molecule has 0 spiro atoms. The molecular formula is C22H20ClF4N3O3. The molecular weight excluding hydrogens is 466 g/mol. The summed E-state index contributed by atoms with van der Waals surface area (Å²) in [6.45, 7) is 0.489. The zero-order chi connectivity index (χ0) is 23.6. The van der Waals surface area contributed by atoms with E-state index in [4.69, 9.17) is 20.8 Å². The molecule has 2 heterocycles. The molecule has 1 amide bonds. The number of amides is 1. The van der Waals surface area contributed by atoms with Gasteiger partial charge in [-0.2, -0.15) is 18.3 Å². The number of rotatable bonds is 9. The quantitative estimate of drug-likeness (QED) is 0.318. The Labute approximate surface area is 191 Å². The molecule has 1 aliphatic carbocycles. The number of hydrogen-bond donors (Lipinski definition) is 1. The molecule has 6 nitrogen and oxygen atoms in total. The Morgan fingerprint density at radius 1 is 1.24 bits per heavy atom. The first-order valence-electron chi connectivity index (χ1n) is 10.3. The second-order valence-corrected chi connectivity index (χ2v) is 8.10. The first-order valence-corrected chi connectivity index (χ1v) is 10.7. The van der Waals surface area contributed by atoms with Crippen molar-refractivity contribution < 1.29 is 31.5 Å². The Morgan fingerprint density at radius 3 is 2.73 bits per heavy atom. The Morgan fingerprint density at radius 2 is 2.03 bits per heavy atom. The van der Waals surface area contributed by atoms with E-state index < -0.39 is 23.6 Å². The number of alkyl halides is 3. The minimum atomic E-state index is -4.48. The van der Waals surface area contributed by atoms with Crippen LogP contribution in [-0.2, 0) is 19.3 Å². The number of nitrogens with zero attached hydrogens (tertiary/aromatic N) is 2. The molecule has 1 aliphatic rings. The van der Waals surface area contributed by atoms with E-state index in [2.05, 4.69) is 10.4 Å². The van der Waals surface area contributed by atoms with Crippen molar-refractivity contribution in [2.45, 2.75) is 44.5 Å². The fraction of sp³-hybridized carbons (Fsp3) is 0.364. The largest absolute Gasteiger partial charge is 0.484 e. The van der Waals surface area contributed by atoms with Crippen LogP contribution in [-0.4, -0.2) is 22.2 Å². The molecule has 2 aromatic heterocycles. The van der Waals surface area contributed by atoms with E-state index in [1.54, 1.807) is 6.07 Å². The highest BCUT2D eigenvalue weighted by Crippen LogP contribution is 2.42. The summed E-state index contributed by atoms with van der Waals surface area (Å²) in [7, 11) is 0. The van der Waals surface area contributed by atoms with Crippen LogP contribution in [0.5, 0.6) is 5.75 Å². The molecule has 0 saturated heterocycles. The Bertz CT molecular complexity index is 1140. The van der Waals surface area contributed by atoms with Gasteiger partial charge in [-0.1, -0.05) is 11.6 Å². The highest BCUT2D eigenvalue weighted by molar-refractivity contribution is 6.32. The van der Waals surface area contributed by atoms with E-state index in [0.29, 0.717) is 17.9 Å². The summed E-state index contributed by atoms with van der Waals surface area (Å²) in [5, 5.41) is 6.48. The lowest BCUT2D eigenvalue weighted by Gasteiger charge is -2.08. The zero-order valence-corrected chi connectivity index (χ0v) is 18.0. The maximum absolute atomic E-state index is 13.1. The van der Waals surface area contributed by atoms with Crippen LogP contribution >= 0.6 is 11.6 Å². The average molecular weight is 486 g/mol. The summed E-state index contributed by atoms with van der Waals surface area (Å²) >= 11 is 5.90. The molecule has 3 aromatic rings. The van der Waals surface area contributed by atoms with Gasteiger partial charge in [0.05, 0.1) is 5.02 Å². The van der Waals surface area contributed by atoms with Crippen LogP contribution in [0.3, 0.4) is 0 Å². The third-order valence-corrected chi connectivity index (χ3v) is 5.37. The van der Waals surface area contributed by atoms with E-state index in [0.717, 1.165) is 25.0 Å². The number of hydrogen-bond acceptors (Lipinski definition) is 4. The summed E-state index contributed by atoms with van der Waals surface area (Å²) in [6.07, 6.45) is -2.36. The number of aromatic nitrogens is 2. The van der Waals surface area contributed by atoms with E-state index in [9.17, 15) is 22.4 Å². The number of ether oxygens (including phenoxy) is 1. The first-order chi connectivity index (χ1) is 15.7. The molecule has 176 valence electrons. The van der Waals surface area contributed by atoms with E-state index in [1.807, 2.05) is 0 Å². The summed E-state index contributed by atoms with van der Waals surface area (Å²) in [4.78, 5) is 12.3. The second-order valence-electron chi connectivity index (χ2n) is 7.69. The highest BCUT2D eigenvalue weighted by Gasteiger charge is 2.37. The summed E-state index contributed by atoms with van der Waals surface area (Å²) < 4.78 is 64.3. The van der Waals surface area contributed by atoms with Crippen LogP contribution < -0.4 is 10.1 Å². The maximum Gasteiger partial charge on any atom is 0.435 e. The average Bonchev–Trinajstić information content (AvgIpc) is 3.31. The standard InChI is InChI=1S/C22H20ClF4N3O3/c23-16-10-14(24)4-6-18(16)32-12-15-5-7-19(33-15)21(31)28-8-1-9-30-17(13-2-3-13)11-20(29-30)22(25,26)27/h4-7,10-11,13H,1-3,8-9,12H2,(H,28,31). The van der Waals surface area contributed by atoms with Crippen molar-refractivity contribution in [3.05, 3.63) is 70.1 Å². The molecule has 1 aromatic carbocycles. The van der Waals surface area contributed by atoms with E-state index in [1.165, 1.54) is 22.9 Å². The van der Waals surface area contributed by atoms with Crippen molar-refractivity contribution in [2.75, 3.05) is 6.54 Å². The van der Waals surface area contributed by atoms with E-state index in [-0.39, 0.29) is 42.1 Å². The van der Waals surface area contributed by atoms with Gasteiger partial charge in [-0.05, 0) is 55.7 Å². The lowest BCUT2D eigenvalue weighted by Crippen LogP contribution is -2.25. The third kappa shape index (κ3) is 5.87. The fourth-order valence-corrected chi connectivity index (χ4v) is 3.51. The summed E-state index contributed by atoms with van der Waals surface area (Å²) in [5.41, 5.74) is -0.300. The Hall–Kier alpha value is -3.01. The molecule has 1 fully saturated rings. The predicted molar refractivity (Wildman–Crippen MR) is 111 cm³/mol. The lowest BCUT2D eigenvalue weighted by molar-refractivity contribution is -0.141. The van der Waals surface area contributed by atoms with Crippen molar-refractivity contribution in [3.63, 3.8) is 0 Å². The number of nitrogens with one attached hydrogen (secondary N) is 1. The van der Waals surface area contributed by atoms with Gasteiger partial charge in [-0.3, -0.25) is 9.48 Å². The minimum absolute atomic E-state index is 0.0105. The van der Waals surface area contributed by atoms with Crippen molar-refractivity contribution >= 4 is 17.5 Å². The van der Waals surface area contributed by atoms with Gasteiger partial charge in [0.2, 0.25) is 0 Å². The number of furan rings is 1. The van der Waals surface area contributed by atoms with Crippen molar-refractivity contribution in [1.82, 2.24) is 15.1 Å². The monoisotopic (exact) mass is 485 g/mol. The van der Waals surface area contributed by atoms with Crippen LogP contribution in [0, 0.1) is 5.82 Å². The molecule has 0 bridgehead atoms. The van der Waals surface area contributed by atoms with Gasteiger partial charge in [0, 0.05) is 24.7 Å². The molecule has 1 N–H and O–H groups in total. The smallest absolute Gasteiger partial charge is 0.435 e. The van der Waals surface area contributed by atoms with Crippen molar-refractivity contribution in [3.8, 4) is 5.75 Å². The number of carbonyl (C=O) groups is 1. The topological polar surface area (TPSA) is 69.3 Å². The summed E-state index contributed by atoms with van der Waals surface area (Å²) in [6, 6.07) is 7.88. The normalized spacial score (nSPS) is 13.8. The minimum Gasteiger partial charge on any atom is -0.484 e. The molecule has 0 atom stereocenters. The number of aryl methyl sites for hydroxylation is 1. The second kappa shape index (κ2) is 9.46. The van der Waals surface area contributed by atoms with Gasteiger partial charge in [-0.25, -0.2) is 4.39 Å². The van der Waals surface area contributed by atoms with Crippen molar-refractivity contribution in [1.29, 1.82) is 0 Å². The maximum atomic E-state index is 13.1. The molecule has 33 heavy (non-hydrogen) atoms. The van der Waals surface area contributed by atoms with Gasteiger partial charge >= 0.3 is 6.18 Å². The fourth-order valence-electron chi connectivity index (χ4n) is 3.29. The van der Waals surface area contributed by atoms with E-state index >= 15 is 0 Å². The molecule has 0 aliphatic heterocycles. The lowest BCUT2D eigenvalue weighted by atomic mass is 10.2. The molecule has 11 heteroatoms. The molecule has 0 radical (unpaired) electrons. The first kappa shape index (κ1) is 23.2. The Kier molecular flexibility index (Phi) is 6.64. The van der Waals surface area contributed by atoms with Crippen LogP contribution in [0.2, 0.25) is 5.02 Å². The molecule has 4 rings (SSSR count). The predicted octanol–water partition coefficient (Wildman–Crippen LogP) is 5.56. The Balaban J connectivity index is 1.25. The number of carbonyl (C=O) groups excluding carboxylic acids is 1. The van der Waals surface area contributed by atoms with Gasteiger partial charge in [0.15, 0.2) is 11.5 Å². The van der Waals surface area contributed by atoms with Gasteiger partial charge in [0.25, 0.3) is 5.91 Å². The third-order valence-electron chi connectivity index (χ3n) is 5.08. The SMILES string of the molecule is O=C(NCCCn1nc(C(F)(F)F)cc1C1CC1)c1ccc(COc2ccc(F)cc2Cl)o1. The van der Waals surface area contributed by atoms with Crippen LogP contribution in [0.15, 0.2) is 40.8 Å².